The number of carbonyl (C=O) groups is 1. The summed E-state index contributed by atoms with van der Waals surface area (Å²) in [6.07, 6.45) is 0. The van der Waals surface area contributed by atoms with E-state index in [0.29, 0.717) is 6.61 Å². The number of hydrogen-bond donors (Lipinski definition) is 2. The molecule has 0 bridgehead atoms. The second kappa shape index (κ2) is 7.61. The monoisotopic (exact) mass is 298 g/mol. The summed E-state index contributed by atoms with van der Waals surface area (Å²) in [4.78, 5) is 12.3. The fourth-order valence-corrected chi connectivity index (χ4v) is 2.24. The molecule has 116 valence electrons. The molecule has 0 heterocycles. The second-order valence-corrected chi connectivity index (χ2v) is 5.12. The van der Waals surface area contributed by atoms with E-state index in [-0.39, 0.29) is 11.9 Å². The predicted octanol–water partition coefficient (Wildman–Crippen LogP) is 2.96. The summed E-state index contributed by atoms with van der Waals surface area (Å²) in [6.45, 7) is 4.49. The van der Waals surface area contributed by atoms with Gasteiger partial charge in [0, 0.05) is 0 Å². The molecule has 3 N–H and O–H groups in total. The largest absolute Gasteiger partial charge is 0.494 e. The van der Waals surface area contributed by atoms with Gasteiger partial charge in [-0.3, -0.25) is 4.79 Å². The number of amides is 1. The van der Waals surface area contributed by atoms with Crippen molar-refractivity contribution in [2.24, 2.45) is 5.73 Å². The number of carbonyl (C=O) groups excluding carboxylic acids is 1. The summed E-state index contributed by atoms with van der Waals surface area (Å²) in [5.74, 6) is 0.606. The van der Waals surface area contributed by atoms with Crippen molar-refractivity contribution < 1.29 is 9.53 Å². The van der Waals surface area contributed by atoms with E-state index >= 15 is 0 Å². The van der Waals surface area contributed by atoms with E-state index in [2.05, 4.69) is 5.32 Å². The second-order valence-electron chi connectivity index (χ2n) is 5.12. The van der Waals surface area contributed by atoms with Gasteiger partial charge in [0.05, 0.1) is 12.6 Å². The molecule has 0 saturated heterocycles. The molecule has 2 aromatic carbocycles. The van der Waals surface area contributed by atoms with Crippen molar-refractivity contribution in [3.63, 3.8) is 0 Å². The first-order valence-electron chi connectivity index (χ1n) is 7.45. The van der Waals surface area contributed by atoms with Gasteiger partial charge in [0.1, 0.15) is 11.8 Å². The molecule has 0 saturated carbocycles. The molecule has 0 spiro atoms. The molecule has 22 heavy (non-hydrogen) atoms. The summed E-state index contributed by atoms with van der Waals surface area (Å²) < 4.78 is 5.48. The van der Waals surface area contributed by atoms with E-state index in [4.69, 9.17) is 10.5 Å². The molecule has 0 aromatic heterocycles. The molecule has 0 radical (unpaired) electrons. The summed E-state index contributed by atoms with van der Waals surface area (Å²) in [5, 5.41) is 2.94. The molecule has 4 heteroatoms. The maximum absolute atomic E-state index is 12.3. The van der Waals surface area contributed by atoms with E-state index in [0.717, 1.165) is 16.9 Å². The first-order chi connectivity index (χ1) is 10.6. The third kappa shape index (κ3) is 4.09. The minimum atomic E-state index is -0.668. The van der Waals surface area contributed by atoms with Gasteiger partial charge in [0.2, 0.25) is 5.91 Å². The van der Waals surface area contributed by atoms with Crippen LogP contribution in [0.3, 0.4) is 0 Å². The Bertz CT molecular complexity index is 613. The van der Waals surface area contributed by atoms with Crippen LogP contribution in [0.1, 0.15) is 37.1 Å². The van der Waals surface area contributed by atoms with Gasteiger partial charge in [-0.2, -0.15) is 0 Å². The maximum atomic E-state index is 12.3. The van der Waals surface area contributed by atoms with E-state index in [1.807, 2.05) is 68.4 Å². The van der Waals surface area contributed by atoms with Gasteiger partial charge in [-0.1, -0.05) is 42.5 Å². The summed E-state index contributed by atoms with van der Waals surface area (Å²) >= 11 is 0. The maximum Gasteiger partial charge on any atom is 0.241 e. The van der Waals surface area contributed by atoms with Crippen LogP contribution in [-0.2, 0) is 4.79 Å². The van der Waals surface area contributed by atoms with Crippen LogP contribution in [0.5, 0.6) is 5.75 Å². The van der Waals surface area contributed by atoms with Crippen LogP contribution in [0.25, 0.3) is 0 Å². The normalized spacial score (nSPS) is 13.2. The fraction of sp³-hybridized carbons (Fsp3) is 0.278. The third-order valence-corrected chi connectivity index (χ3v) is 3.47. The Morgan fingerprint density at radius 1 is 1.14 bits per heavy atom. The first-order valence-corrected chi connectivity index (χ1v) is 7.45. The molecule has 0 aliphatic carbocycles. The lowest BCUT2D eigenvalue weighted by molar-refractivity contribution is -0.123. The summed E-state index contributed by atoms with van der Waals surface area (Å²) in [7, 11) is 0. The quantitative estimate of drug-likeness (QED) is 0.861. The zero-order chi connectivity index (χ0) is 15.9. The Hall–Kier alpha value is -2.33. The zero-order valence-electron chi connectivity index (χ0n) is 13.0. The minimum Gasteiger partial charge on any atom is -0.494 e. The molecule has 4 nitrogen and oxygen atoms in total. The van der Waals surface area contributed by atoms with Crippen molar-refractivity contribution in [2.75, 3.05) is 6.61 Å². The SMILES string of the molecule is CCOc1cccc(C(C)NC(=O)C(N)c2ccccc2)c1. The standard InChI is InChI=1S/C18H22N2O2/c1-3-22-16-11-7-10-15(12-16)13(2)20-18(21)17(19)14-8-5-4-6-9-14/h4-13,17H,3,19H2,1-2H3,(H,20,21). The zero-order valence-corrected chi connectivity index (χ0v) is 13.0. The van der Waals surface area contributed by atoms with E-state index in [9.17, 15) is 4.79 Å². The highest BCUT2D eigenvalue weighted by Crippen LogP contribution is 2.20. The van der Waals surface area contributed by atoms with Gasteiger partial charge in [-0.25, -0.2) is 0 Å². The lowest BCUT2D eigenvalue weighted by Gasteiger charge is -2.18. The van der Waals surface area contributed by atoms with E-state index < -0.39 is 6.04 Å². The van der Waals surface area contributed by atoms with Crippen molar-refractivity contribution in [1.29, 1.82) is 0 Å². The van der Waals surface area contributed by atoms with Crippen LogP contribution in [0, 0.1) is 0 Å². The Morgan fingerprint density at radius 2 is 1.82 bits per heavy atom. The van der Waals surface area contributed by atoms with E-state index in [1.165, 1.54) is 0 Å². The average Bonchev–Trinajstić information content (AvgIpc) is 2.55. The van der Waals surface area contributed by atoms with Gasteiger partial charge < -0.3 is 15.8 Å². The van der Waals surface area contributed by atoms with Gasteiger partial charge >= 0.3 is 0 Å². The average molecular weight is 298 g/mol. The highest BCUT2D eigenvalue weighted by molar-refractivity contribution is 5.83. The van der Waals surface area contributed by atoms with Crippen LogP contribution in [-0.4, -0.2) is 12.5 Å². The third-order valence-electron chi connectivity index (χ3n) is 3.47. The minimum absolute atomic E-state index is 0.136. The molecular weight excluding hydrogens is 276 g/mol. The topological polar surface area (TPSA) is 64.3 Å². The van der Waals surface area contributed by atoms with Gasteiger partial charge in [-0.15, -0.1) is 0 Å². The molecule has 0 aliphatic rings. The highest BCUT2D eigenvalue weighted by atomic mass is 16.5. The Balaban J connectivity index is 2.03. The molecule has 0 aliphatic heterocycles. The van der Waals surface area contributed by atoms with Gasteiger partial charge in [-0.05, 0) is 37.1 Å². The number of nitrogens with one attached hydrogen (secondary N) is 1. The van der Waals surface area contributed by atoms with Crippen molar-refractivity contribution >= 4 is 5.91 Å². The summed E-state index contributed by atoms with van der Waals surface area (Å²) in [5.41, 5.74) is 7.79. The van der Waals surface area contributed by atoms with Crippen molar-refractivity contribution in [3.05, 3.63) is 65.7 Å². The fourth-order valence-electron chi connectivity index (χ4n) is 2.24. The van der Waals surface area contributed by atoms with Crippen molar-refractivity contribution in [3.8, 4) is 5.75 Å². The van der Waals surface area contributed by atoms with Gasteiger partial charge in [0.25, 0.3) is 0 Å². The molecule has 2 atom stereocenters. The highest BCUT2D eigenvalue weighted by Gasteiger charge is 2.18. The van der Waals surface area contributed by atoms with Crippen LogP contribution in [0.4, 0.5) is 0 Å². The first kappa shape index (κ1) is 16.0. The van der Waals surface area contributed by atoms with Crippen LogP contribution in [0.15, 0.2) is 54.6 Å². The Kier molecular flexibility index (Phi) is 5.55. The lowest BCUT2D eigenvalue weighted by atomic mass is 10.0. The number of hydrogen-bond acceptors (Lipinski definition) is 3. The summed E-state index contributed by atoms with van der Waals surface area (Å²) in [6, 6.07) is 16.3. The molecular formula is C18H22N2O2. The van der Waals surface area contributed by atoms with Crippen LogP contribution >= 0.6 is 0 Å². The smallest absolute Gasteiger partial charge is 0.241 e. The molecule has 0 fully saturated rings. The number of benzene rings is 2. The van der Waals surface area contributed by atoms with Crippen LogP contribution < -0.4 is 15.8 Å². The van der Waals surface area contributed by atoms with E-state index in [1.54, 1.807) is 0 Å². The van der Waals surface area contributed by atoms with Crippen molar-refractivity contribution in [1.82, 2.24) is 5.32 Å². The molecule has 1 amide bonds. The van der Waals surface area contributed by atoms with Gasteiger partial charge in [0.15, 0.2) is 0 Å². The predicted molar refractivity (Wildman–Crippen MR) is 87.5 cm³/mol. The number of rotatable bonds is 6. The number of nitrogens with two attached hydrogens (primary N) is 1. The van der Waals surface area contributed by atoms with Crippen LogP contribution in [0.2, 0.25) is 0 Å². The Morgan fingerprint density at radius 3 is 2.50 bits per heavy atom. The number of ether oxygens (including phenoxy) is 1. The molecule has 2 unspecified atom stereocenters. The Labute approximate surface area is 131 Å². The lowest BCUT2D eigenvalue weighted by Crippen LogP contribution is -2.35. The van der Waals surface area contributed by atoms with Crippen molar-refractivity contribution in [2.45, 2.75) is 25.9 Å². The molecule has 2 aromatic rings. The molecule has 2 rings (SSSR count).